The van der Waals surface area contributed by atoms with Gasteiger partial charge in [0, 0.05) is 25.4 Å². The maximum atomic E-state index is 13.1. The van der Waals surface area contributed by atoms with E-state index >= 15 is 0 Å². The fourth-order valence-corrected chi connectivity index (χ4v) is 4.01. The Labute approximate surface area is 167 Å². The van der Waals surface area contributed by atoms with Crippen LogP contribution in [0.1, 0.15) is 0 Å². The maximum Gasteiger partial charge on any atom is 0.419 e. The van der Waals surface area contributed by atoms with Gasteiger partial charge >= 0.3 is 11.9 Å². The summed E-state index contributed by atoms with van der Waals surface area (Å²) < 4.78 is 52.4. The molecule has 3 heterocycles. The van der Waals surface area contributed by atoms with E-state index in [-0.39, 0.29) is 17.6 Å². The number of rotatable bonds is 6. The van der Waals surface area contributed by atoms with E-state index in [2.05, 4.69) is 10.2 Å². The highest BCUT2D eigenvalue weighted by molar-refractivity contribution is 7.99. The smallest absolute Gasteiger partial charge is 0.408 e. The van der Waals surface area contributed by atoms with Gasteiger partial charge in [0.1, 0.15) is 6.54 Å². The molecule has 8 nitrogen and oxygen atoms in total. The minimum absolute atomic E-state index is 0.157. The molecule has 0 radical (unpaired) electrons. The lowest BCUT2D eigenvalue weighted by atomic mass is 10.3. The van der Waals surface area contributed by atoms with E-state index in [4.69, 9.17) is 9.15 Å². The van der Waals surface area contributed by atoms with Crippen LogP contribution in [-0.2, 0) is 17.8 Å². The molecule has 1 aromatic carbocycles. The molecule has 0 unspecified atom stereocenters. The standard InChI is InChI=1S/C17H18F3N5O3S/c18-17(19,20)11-25-14(23-5-8-27-9-6-23)21-22-15(25)29-10-7-24-12-3-1-2-4-13(12)28-16(24)26/h1-4H,5-11H2. The Bertz CT molecular complexity index is 1040. The third-order valence-electron chi connectivity index (χ3n) is 4.45. The van der Waals surface area contributed by atoms with Crippen LogP contribution in [0.3, 0.4) is 0 Å². The molecule has 0 aliphatic carbocycles. The van der Waals surface area contributed by atoms with Crippen LogP contribution >= 0.6 is 11.8 Å². The second kappa shape index (κ2) is 8.11. The second-order valence-corrected chi connectivity index (χ2v) is 7.48. The van der Waals surface area contributed by atoms with Gasteiger partial charge < -0.3 is 14.1 Å². The summed E-state index contributed by atoms with van der Waals surface area (Å²) in [6.07, 6.45) is -4.41. The molecule has 1 saturated heterocycles. The number of nitrogens with zero attached hydrogens (tertiary/aromatic N) is 5. The Morgan fingerprint density at radius 1 is 1.10 bits per heavy atom. The van der Waals surface area contributed by atoms with Crippen molar-refractivity contribution in [1.29, 1.82) is 0 Å². The van der Waals surface area contributed by atoms with Crippen LogP contribution in [0.25, 0.3) is 11.1 Å². The third kappa shape index (κ3) is 4.42. The van der Waals surface area contributed by atoms with Gasteiger partial charge in [0.2, 0.25) is 5.95 Å². The fraction of sp³-hybridized carbons (Fsp3) is 0.471. The molecule has 2 aromatic heterocycles. The lowest BCUT2D eigenvalue weighted by Gasteiger charge is -2.28. The molecule has 0 N–H and O–H groups in total. The summed E-state index contributed by atoms with van der Waals surface area (Å²) in [6, 6.07) is 7.00. The van der Waals surface area contributed by atoms with Gasteiger partial charge in [-0.05, 0) is 12.1 Å². The lowest BCUT2D eigenvalue weighted by molar-refractivity contribution is -0.141. The Morgan fingerprint density at radius 3 is 2.62 bits per heavy atom. The predicted octanol–water partition coefficient (Wildman–Crippen LogP) is 2.38. The zero-order valence-electron chi connectivity index (χ0n) is 15.3. The van der Waals surface area contributed by atoms with Crippen molar-refractivity contribution in [2.45, 2.75) is 24.4 Å². The Hall–Kier alpha value is -2.47. The van der Waals surface area contributed by atoms with Crippen molar-refractivity contribution in [1.82, 2.24) is 19.3 Å². The van der Waals surface area contributed by atoms with Gasteiger partial charge in [-0.3, -0.25) is 9.13 Å². The van der Waals surface area contributed by atoms with Crippen molar-refractivity contribution in [3.8, 4) is 0 Å². The van der Waals surface area contributed by atoms with E-state index in [0.29, 0.717) is 43.2 Å². The largest absolute Gasteiger partial charge is 0.419 e. The quantitative estimate of drug-likeness (QED) is 0.557. The van der Waals surface area contributed by atoms with Crippen molar-refractivity contribution < 1.29 is 22.3 Å². The van der Waals surface area contributed by atoms with Gasteiger partial charge in [-0.2, -0.15) is 13.2 Å². The first-order chi connectivity index (χ1) is 13.9. The van der Waals surface area contributed by atoms with Crippen LogP contribution in [0, 0.1) is 0 Å². The first-order valence-electron chi connectivity index (χ1n) is 8.96. The number of fused-ring (bicyclic) bond motifs is 1. The monoisotopic (exact) mass is 429 g/mol. The molecular weight excluding hydrogens is 411 g/mol. The average Bonchev–Trinajstić information content (AvgIpc) is 3.22. The molecule has 12 heteroatoms. The SMILES string of the molecule is O=c1oc2ccccc2n1CCSc1nnc(N2CCOCC2)n1CC(F)(F)F. The number of hydrogen-bond acceptors (Lipinski definition) is 7. The van der Waals surface area contributed by atoms with Crippen LogP contribution < -0.4 is 10.7 Å². The zero-order chi connectivity index (χ0) is 20.4. The molecule has 0 spiro atoms. The van der Waals surface area contributed by atoms with E-state index < -0.39 is 18.5 Å². The van der Waals surface area contributed by atoms with Crippen LogP contribution in [0.5, 0.6) is 0 Å². The number of aromatic nitrogens is 4. The summed E-state index contributed by atoms with van der Waals surface area (Å²) >= 11 is 1.12. The van der Waals surface area contributed by atoms with Crippen LogP contribution in [0.4, 0.5) is 19.1 Å². The summed E-state index contributed by atoms with van der Waals surface area (Å²) in [6.45, 7) is 0.861. The summed E-state index contributed by atoms with van der Waals surface area (Å²) in [4.78, 5) is 13.8. The molecule has 156 valence electrons. The molecule has 1 fully saturated rings. The molecule has 1 aliphatic heterocycles. The van der Waals surface area contributed by atoms with Crippen LogP contribution in [0.2, 0.25) is 0 Å². The summed E-state index contributed by atoms with van der Waals surface area (Å²) in [5, 5.41) is 8.10. The number of thioether (sulfide) groups is 1. The molecule has 1 aliphatic rings. The molecule has 0 saturated carbocycles. The van der Waals surface area contributed by atoms with Crippen molar-refractivity contribution in [3.05, 3.63) is 34.8 Å². The molecule has 4 rings (SSSR count). The van der Waals surface area contributed by atoms with E-state index in [1.54, 1.807) is 29.2 Å². The number of halogens is 3. The average molecular weight is 429 g/mol. The minimum Gasteiger partial charge on any atom is -0.408 e. The van der Waals surface area contributed by atoms with Crippen molar-refractivity contribution in [2.24, 2.45) is 0 Å². The summed E-state index contributed by atoms with van der Waals surface area (Å²) in [7, 11) is 0. The Morgan fingerprint density at radius 2 is 1.86 bits per heavy atom. The lowest BCUT2D eigenvalue weighted by Crippen LogP contribution is -2.38. The first-order valence-corrected chi connectivity index (χ1v) is 9.95. The number of oxazole rings is 1. The first kappa shape index (κ1) is 19.8. The van der Waals surface area contributed by atoms with Gasteiger partial charge in [-0.15, -0.1) is 10.2 Å². The summed E-state index contributed by atoms with van der Waals surface area (Å²) in [5.74, 6) is 0.0133. The third-order valence-corrected chi connectivity index (χ3v) is 5.40. The maximum absolute atomic E-state index is 13.1. The Kier molecular flexibility index (Phi) is 5.54. The second-order valence-electron chi connectivity index (χ2n) is 6.42. The highest BCUT2D eigenvalue weighted by Gasteiger charge is 2.32. The number of para-hydroxylation sites is 2. The molecule has 29 heavy (non-hydrogen) atoms. The van der Waals surface area contributed by atoms with Crippen molar-refractivity contribution in [2.75, 3.05) is 37.0 Å². The number of morpholine rings is 1. The fourth-order valence-electron chi connectivity index (χ4n) is 3.16. The molecule has 0 amide bonds. The van der Waals surface area contributed by atoms with Gasteiger partial charge in [0.05, 0.1) is 18.7 Å². The highest BCUT2D eigenvalue weighted by Crippen LogP contribution is 2.28. The van der Waals surface area contributed by atoms with Gasteiger partial charge in [-0.25, -0.2) is 4.79 Å². The van der Waals surface area contributed by atoms with Crippen LogP contribution in [-0.4, -0.2) is 57.6 Å². The predicted molar refractivity (Wildman–Crippen MR) is 100 cm³/mol. The normalized spacial score (nSPS) is 15.3. The van der Waals surface area contributed by atoms with Gasteiger partial charge in [0.15, 0.2) is 10.7 Å². The minimum atomic E-state index is -4.41. The molecule has 0 bridgehead atoms. The van der Waals surface area contributed by atoms with E-state index in [9.17, 15) is 18.0 Å². The number of alkyl halides is 3. The number of anilines is 1. The topological polar surface area (TPSA) is 78.3 Å². The van der Waals surface area contributed by atoms with Gasteiger partial charge in [0.25, 0.3) is 0 Å². The highest BCUT2D eigenvalue weighted by atomic mass is 32.2. The molecule has 3 aromatic rings. The summed E-state index contributed by atoms with van der Waals surface area (Å²) in [5.41, 5.74) is 1.11. The number of hydrogen-bond donors (Lipinski definition) is 0. The number of aryl methyl sites for hydroxylation is 1. The van der Waals surface area contributed by atoms with E-state index in [1.807, 2.05) is 0 Å². The number of benzene rings is 1. The molecular formula is C17H18F3N5O3S. The van der Waals surface area contributed by atoms with Gasteiger partial charge in [-0.1, -0.05) is 23.9 Å². The van der Waals surface area contributed by atoms with Crippen molar-refractivity contribution >= 4 is 28.8 Å². The Balaban J connectivity index is 1.52. The van der Waals surface area contributed by atoms with Crippen LogP contribution in [0.15, 0.2) is 38.6 Å². The van der Waals surface area contributed by atoms with E-state index in [0.717, 1.165) is 16.3 Å². The number of ether oxygens (including phenoxy) is 1. The van der Waals surface area contributed by atoms with E-state index in [1.165, 1.54) is 4.57 Å². The van der Waals surface area contributed by atoms with Crippen molar-refractivity contribution in [3.63, 3.8) is 0 Å². The zero-order valence-corrected chi connectivity index (χ0v) is 16.1. The molecule has 0 atom stereocenters.